The first-order valence-electron chi connectivity index (χ1n) is 9.62. The molecular formula is C20H28N6OS. The number of fused-ring (bicyclic) bond motifs is 1. The summed E-state index contributed by atoms with van der Waals surface area (Å²) < 4.78 is 1.92. The Hall–Kier alpha value is -2.48. The highest BCUT2D eigenvalue weighted by Gasteiger charge is 2.23. The number of thiazole rings is 1. The van der Waals surface area contributed by atoms with Gasteiger partial charge >= 0.3 is 6.03 Å². The van der Waals surface area contributed by atoms with E-state index in [1.807, 2.05) is 35.7 Å². The second-order valence-electron chi connectivity index (χ2n) is 7.99. The number of nitrogens with zero attached hydrogens (tertiary/aromatic N) is 4. The fourth-order valence-corrected chi connectivity index (χ4v) is 3.99. The van der Waals surface area contributed by atoms with Crippen LogP contribution < -0.4 is 10.6 Å². The first-order chi connectivity index (χ1) is 13.3. The summed E-state index contributed by atoms with van der Waals surface area (Å²) >= 11 is 1.58. The molecule has 8 heteroatoms. The Labute approximate surface area is 169 Å². The minimum atomic E-state index is -0.230. The molecule has 0 saturated heterocycles. The van der Waals surface area contributed by atoms with E-state index in [0.717, 1.165) is 35.0 Å². The summed E-state index contributed by atoms with van der Waals surface area (Å²) in [5, 5.41) is 17.5. The molecule has 150 valence electrons. The first-order valence-corrected chi connectivity index (χ1v) is 10.5. The van der Waals surface area contributed by atoms with Crippen LogP contribution in [-0.4, -0.2) is 25.6 Å². The van der Waals surface area contributed by atoms with Crippen molar-refractivity contribution in [2.24, 2.45) is 0 Å². The van der Waals surface area contributed by atoms with E-state index in [9.17, 15) is 4.79 Å². The number of aromatic nitrogens is 4. The van der Waals surface area contributed by atoms with Gasteiger partial charge in [-0.25, -0.2) is 9.78 Å². The minimum Gasteiger partial charge on any atom is -0.329 e. The van der Waals surface area contributed by atoms with Gasteiger partial charge in [-0.15, -0.1) is 21.5 Å². The van der Waals surface area contributed by atoms with Crippen LogP contribution in [0.3, 0.4) is 0 Å². The van der Waals surface area contributed by atoms with E-state index in [4.69, 9.17) is 4.98 Å². The number of amides is 2. The van der Waals surface area contributed by atoms with Crippen molar-refractivity contribution in [3.8, 4) is 0 Å². The van der Waals surface area contributed by atoms with Crippen LogP contribution in [0.5, 0.6) is 0 Å². The summed E-state index contributed by atoms with van der Waals surface area (Å²) in [6.45, 7) is 10.4. The van der Waals surface area contributed by atoms with Gasteiger partial charge in [0.2, 0.25) is 0 Å². The van der Waals surface area contributed by atoms with Gasteiger partial charge in [-0.1, -0.05) is 40.2 Å². The third kappa shape index (κ3) is 4.49. The number of nitrogens with one attached hydrogen (secondary N) is 2. The van der Waals surface area contributed by atoms with E-state index in [0.29, 0.717) is 0 Å². The number of carbonyl (C=O) groups excluding carboxylic acids is 1. The quantitative estimate of drug-likeness (QED) is 0.643. The molecule has 0 spiro atoms. The minimum absolute atomic E-state index is 0.00230. The van der Waals surface area contributed by atoms with Crippen LogP contribution in [0.1, 0.15) is 76.1 Å². The molecule has 2 unspecified atom stereocenters. The molecule has 2 amide bonds. The molecule has 3 aromatic rings. The lowest BCUT2D eigenvalue weighted by Gasteiger charge is -2.19. The molecule has 0 fully saturated rings. The molecule has 0 bridgehead atoms. The van der Waals surface area contributed by atoms with Crippen LogP contribution in [-0.2, 0) is 5.41 Å². The number of pyridine rings is 1. The van der Waals surface area contributed by atoms with Crippen molar-refractivity contribution in [1.29, 1.82) is 0 Å². The van der Waals surface area contributed by atoms with Crippen LogP contribution in [0.25, 0.3) is 5.65 Å². The molecule has 2 atom stereocenters. The second kappa shape index (κ2) is 8.26. The Bertz CT molecular complexity index is 941. The van der Waals surface area contributed by atoms with Gasteiger partial charge in [0.05, 0.1) is 17.8 Å². The van der Waals surface area contributed by atoms with Crippen molar-refractivity contribution in [2.75, 3.05) is 0 Å². The lowest BCUT2D eigenvalue weighted by Crippen LogP contribution is -2.39. The van der Waals surface area contributed by atoms with Crippen LogP contribution in [0, 0.1) is 0 Å². The van der Waals surface area contributed by atoms with Gasteiger partial charge in [0.15, 0.2) is 11.5 Å². The zero-order valence-electron chi connectivity index (χ0n) is 17.1. The smallest absolute Gasteiger partial charge is 0.315 e. The van der Waals surface area contributed by atoms with Gasteiger partial charge in [0, 0.05) is 17.0 Å². The van der Waals surface area contributed by atoms with Gasteiger partial charge in [0.1, 0.15) is 5.01 Å². The Morgan fingerprint density at radius 3 is 2.71 bits per heavy atom. The molecule has 0 radical (unpaired) electrons. The molecule has 0 aliphatic heterocycles. The highest BCUT2D eigenvalue weighted by Crippen LogP contribution is 2.27. The molecule has 0 aromatic carbocycles. The van der Waals surface area contributed by atoms with Crippen LogP contribution in [0.2, 0.25) is 0 Å². The molecule has 0 saturated carbocycles. The van der Waals surface area contributed by atoms with Crippen molar-refractivity contribution in [3.05, 3.63) is 46.3 Å². The number of hydrogen-bond acceptors (Lipinski definition) is 5. The highest BCUT2D eigenvalue weighted by atomic mass is 32.1. The van der Waals surface area contributed by atoms with E-state index in [1.165, 1.54) is 0 Å². The van der Waals surface area contributed by atoms with E-state index in [1.54, 1.807) is 11.3 Å². The zero-order valence-corrected chi connectivity index (χ0v) is 17.9. The van der Waals surface area contributed by atoms with Gasteiger partial charge in [-0.05, 0) is 25.5 Å². The van der Waals surface area contributed by atoms with Crippen molar-refractivity contribution in [2.45, 2.75) is 65.0 Å². The largest absolute Gasteiger partial charge is 0.329 e. The van der Waals surface area contributed by atoms with E-state index in [-0.39, 0.29) is 23.5 Å². The predicted octanol–water partition coefficient (Wildman–Crippen LogP) is 4.38. The number of rotatable bonds is 6. The Morgan fingerprint density at radius 2 is 2.04 bits per heavy atom. The maximum absolute atomic E-state index is 12.6. The molecule has 0 aliphatic carbocycles. The monoisotopic (exact) mass is 400 g/mol. The maximum atomic E-state index is 12.6. The molecular weight excluding hydrogens is 372 g/mol. The molecule has 3 rings (SSSR count). The van der Waals surface area contributed by atoms with Gasteiger partial charge in [-0.2, -0.15) is 0 Å². The molecule has 28 heavy (non-hydrogen) atoms. The standard InChI is InChI=1S/C20H28N6OS/c1-6-9-14(17-25-24-16-10-7-8-11-26(16)17)22-19(27)21-13(2)18-23-15(12-28-18)20(3,4)5/h7-8,10-14H,6,9H2,1-5H3,(H2,21,22,27). The molecule has 0 aliphatic rings. The lowest BCUT2D eigenvalue weighted by atomic mass is 9.93. The van der Waals surface area contributed by atoms with E-state index < -0.39 is 0 Å². The summed E-state index contributed by atoms with van der Waals surface area (Å²) in [6, 6.07) is 5.14. The summed E-state index contributed by atoms with van der Waals surface area (Å²) in [6.07, 6.45) is 3.62. The van der Waals surface area contributed by atoms with Gasteiger partial charge in [-0.3, -0.25) is 4.40 Å². The zero-order chi connectivity index (χ0) is 20.3. The molecule has 3 heterocycles. The topological polar surface area (TPSA) is 84.2 Å². The number of carbonyl (C=O) groups is 1. The molecule has 2 N–H and O–H groups in total. The summed E-state index contributed by atoms with van der Waals surface area (Å²) in [7, 11) is 0. The van der Waals surface area contributed by atoms with Crippen LogP contribution in [0.4, 0.5) is 4.79 Å². The third-order valence-electron chi connectivity index (χ3n) is 4.54. The van der Waals surface area contributed by atoms with E-state index in [2.05, 4.69) is 53.9 Å². The SMILES string of the molecule is CCCC(NC(=O)NC(C)c1nc(C(C)(C)C)cs1)c1nnc2ccccn12. The Kier molecular flexibility index (Phi) is 5.98. The average molecular weight is 401 g/mol. The number of urea groups is 1. The van der Waals surface area contributed by atoms with E-state index >= 15 is 0 Å². The van der Waals surface area contributed by atoms with Crippen molar-refractivity contribution >= 4 is 23.0 Å². The maximum Gasteiger partial charge on any atom is 0.315 e. The first kappa shape index (κ1) is 20.3. The number of hydrogen-bond donors (Lipinski definition) is 2. The highest BCUT2D eigenvalue weighted by molar-refractivity contribution is 7.09. The van der Waals surface area contributed by atoms with Crippen LogP contribution in [0.15, 0.2) is 29.8 Å². The van der Waals surface area contributed by atoms with Gasteiger partial charge < -0.3 is 10.6 Å². The van der Waals surface area contributed by atoms with Crippen molar-refractivity contribution in [3.63, 3.8) is 0 Å². The molecule has 7 nitrogen and oxygen atoms in total. The van der Waals surface area contributed by atoms with Crippen molar-refractivity contribution in [1.82, 2.24) is 30.2 Å². The average Bonchev–Trinajstić information content (AvgIpc) is 3.28. The third-order valence-corrected chi connectivity index (χ3v) is 5.57. The molecule has 3 aromatic heterocycles. The fourth-order valence-electron chi connectivity index (χ4n) is 2.94. The Morgan fingerprint density at radius 1 is 1.25 bits per heavy atom. The van der Waals surface area contributed by atoms with Gasteiger partial charge in [0.25, 0.3) is 0 Å². The summed E-state index contributed by atoms with van der Waals surface area (Å²) in [5.41, 5.74) is 1.81. The second-order valence-corrected chi connectivity index (χ2v) is 8.88. The fraction of sp³-hybridized carbons (Fsp3) is 0.500. The lowest BCUT2D eigenvalue weighted by molar-refractivity contribution is 0.232. The van der Waals surface area contributed by atoms with Crippen molar-refractivity contribution < 1.29 is 4.79 Å². The summed E-state index contributed by atoms with van der Waals surface area (Å²) in [4.78, 5) is 17.3. The Balaban J connectivity index is 1.70. The van der Waals surface area contributed by atoms with Crippen LogP contribution >= 0.6 is 11.3 Å². The predicted molar refractivity (Wildman–Crippen MR) is 112 cm³/mol. The summed E-state index contributed by atoms with van der Waals surface area (Å²) in [5.74, 6) is 0.740. The normalized spacial score (nSPS) is 14.0.